The Bertz CT molecular complexity index is 205. The summed E-state index contributed by atoms with van der Waals surface area (Å²) in [5.41, 5.74) is 0.968. The maximum absolute atomic E-state index is 3.81. The van der Waals surface area contributed by atoms with Gasteiger partial charge in [0.05, 0.1) is 0 Å². The van der Waals surface area contributed by atoms with Crippen molar-refractivity contribution < 1.29 is 0 Å². The fourth-order valence-corrected chi connectivity index (χ4v) is 0.715. The molecule has 17 heavy (non-hydrogen) atoms. The number of hydrogen-bond donors (Lipinski definition) is 1. The van der Waals surface area contributed by atoms with E-state index in [9.17, 15) is 0 Å². The van der Waals surface area contributed by atoms with Crippen LogP contribution in [0.25, 0.3) is 0 Å². The van der Waals surface area contributed by atoms with Crippen LogP contribution in [0.4, 0.5) is 0 Å². The van der Waals surface area contributed by atoms with Crippen LogP contribution >= 0.6 is 0 Å². The minimum Gasteiger partial charge on any atom is -0.374 e. The van der Waals surface area contributed by atoms with Crippen LogP contribution in [0.2, 0.25) is 0 Å². The zero-order valence-electron chi connectivity index (χ0n) is 12.3. The van der Waals surface area contributed by atoms with E-state index in [2.05, 4.69) is 30.0 Å². The lowest BCUT2D eigenvalue weighted by atomic mass is 10.4. The number of nitrogens with one attached hydrogen (secondary N) is 1. The molecule has 2 heteroatoms. The summed E-state index contributed by atoms with van der Waals surface area (Å²) in [7, 11) is 3.94. The summed E-state index contributed by atoms with van der Waals surface area (Å²) >= 11 is 0. The highest BCUT2D eigenvalue weighted by Gasteiger charge is 1.94. The summed E-state index contributed by atoms with van der Waals surface area (Å²) in [6.45, 7) is 18.8. The number of hydrogen-bond acceptors (Lipinski definition) is 2. The van der Waals surface area contributed by atoms with Gasteiger partial charge in [0.1, 0.15) is 0 Å². The van der Waals surface area contributed by atoms with E-state index in [1.54, 1.807) is 12.2 Å². The predicted molar refractivity (Wildman–Crippen MR) is 82.3 cm³/mol. The largest absolute Gasteiger partial charge is 0.374 e. The van der Waals surface area contributed by atoms with Gasteiger partial charge in [0.25, 0.3) is 0 Å². The van der Waals surface area contributed by atoms with Crippen molar-refractivity contribution in [2.24, 2.45) is 0 Å². The molecule has 0 amide bonds. The molecular formula is C15H30N2. The van der Waals surface area contributed by atoms with E-state index >= 15 is 0 Å². The topological polar surface area (TPSA) is 15.3 Å². The first-order chi connectivity index (χ1) is 8.13. The highest BCUT2D eigenvalue weighted by Crippen LogP contribution is 1.95. The Morgan fingerprint density at radius 2 is 1.82 bits per heavy atom. The van der Waals surface area contributed by atoms with Crippen LogP contribution in [0, 0.1) is 0 Å². The summed E-state index contributed by atoms with van der Waals surface area (Å²) in [6, 6.07) is 0. The minimum absolute atomic E-state index is 0.968. The maximum atomic E-state index is 3.81. The molecule has 0 fully saturated rings. The van der Waals surface area contributed by atoms with Gasteiger partial charge in [-0.25, -0.2) is 0 Å². The second kappa shape index (κ2) is 20.2. The molecule has 0 heterocycles. The van der Waals surface area contributed by atoms with Crippen molar-refractivity contribution in [2.75, 3.05) is 27.2 Å². The van der Waals surface area contributed by atoms with E-state index in [0.717, 1.165) is 18.8 Å². The van der Waals surface area contributed by atoms with E-state index in [-0.39, 0.29) is 0 Å². The molecule has 2 nitrogen and oxygen atoms in total. The monoisotopic (exact) mass is 238 g/mol. The van der Waals surface area contributed by atoms with Crippen LogP contribution in [0.15, 0.2) is 49.7 Å². The third kappa shape index (κ3) is 20.7. The molecule has 0 aromatic heterocycles. The molecule has 0 saturated heterocycles. The zero-order chi connectivity index (χ0) is 14.1. The maximum Gasteiger partial charge on any atom is 0.0299 e. The lowest BCUT2D eigenvalue weighted by Crippen LogP contribution is -2.25. The minimum atomic E-state index is 0.968. The SMILES string of the molecule is C=C/C=C\C.C=CC(=C)N(C)CCNC.CC. The molecule has 0 saturated carbocycles. The van der Waals surface area contributed by atoms with Crippen LogP contribution in [0.3, 0.4) is 0 Å². The van der Waals surface area contributed by atoms with E-state index in [0.29, 0.717) is 0 Å². The normalized spacial score (nSPS) is 8.29. The molecule has 0 aliphatic heterocycles. The van der Waals surface area contributed by atoms with Gasteiger partial charge in [-0.05, 0) is 20.0 Å². The molecule has 1 N–H and O–H groups in total. The van der Waals surface area contributed by atoms with E-state index in [4.69, 9.17) is 0 Å². The summed E-state index contributed by atoms with van der Waals surface area (Å²) in [4.78, 5) is 2.06. The van der Waals surface area contributed by atoms with Crippen molar-refractivity contribution in [2.45, 2.75) is 20.8 Å². The van der Waals surface area contributed by atoms with Crippen molar-refractivity contribution in [1.29, 1.82) is 0 Å². The first kappa shape index (κ1) is 21.1. The number of nitrogens with zero attached hydrogens (tertiary/aromatic N) is 1. The molecule has 100 valence electrons. The second-order valence-electron chi connectivity index (χ2n) is 2.98. The van der Waals surface area contributed by atoms with Gasteiger partial charge in [-0.3, -0.25) is 0 Å². The Labute approximate surface area is 108 Å². The number of likely N-dealkylation sites (N-methyl/N-ethyl adjacent to an activating group) is 2. The molecule has 0 radical (unpaired) electrons. The van der Waals surface area contributed by atoms with Crippen LogP contribution in [0.1, 0.15) is 20.8 Å². The average molecular weight is 238 g/mol. The lowest BCUT2D eigenvalue weighted by molar-refractivity contribution is 0.429. The van der Waals surface area contributed by atoms with Crippen molar-refractivity contribution in [1.82, 2.24) is 10.2 Å². The van der Waals surface area contributed by atoms with Crippen LogP contribution in [-0.4, -0.2) is 32.1 Å². The van der Waals surface area contributed by atoms with Crippen molar-refractivity contribution >= 4 is 0 Å². The molecular weight excluding hydrogens is 208 g/mol. The Balaban J connectivity index is -0.000000236. The summed E-state index contributed by atoms with van der Waals surface area (Å²) in [5, 5.41) is 3.06. The quantitative estimate of drug-likeness (QED) is 0.711. The van der Waals surface area contributed by atoms with E-state index in [1.807, 2.05) is 47.0 Å². The Morgan fingerprint density at radius 3 is 2.06 bits per heavy atom. The fourth-order valence-electron chi connectivity index (χ4n) is 0.715. The molecule has 0 aliphatic carbocycles. The molecule has 0 aromatic carbocycles. The van der Waals surface area contributed by atoms with Crippen LogP contribution in [-0.2, 0) is 0 Å². The van der Waals surface area contributed by atoms with Gasteiger partial charge in [-0.2, -0.15) is 0 Å². The van der Waals surface area contributed by atoms with E-state index in [1.165, 1.54) is 0 Å². The van der Waals surface area contributed by atoms with Crippen LogP contribution in [0.5, 0.6) is 0 Å². The second-order valence-corrected chi connectivity index (χ2v) is 2.98. The smallest absolute Gasteiger partial charge is 0.0299 e. The molecule has 0 bridgehead atoms. The highest BCUT2D eigenvalue weighted by atomic mass is 15.1. The summed E-state index contributed by atoms with van der Waals surface area (Å²) in [6.07, 6.45) is 7.34. The third-order valence-corrected chi connectivity index (χ3v) is 1.75. The molecule has 0 aliphatic rings. The lowest BCUT2D eigenvalue weighted by Gasteiger charge is -2.18. The zero-order valence-corrected chi connectivity index (χ0v) is 12.3. The third-order valence-electron chi connectivity index (χ3n) is 1.75. The van der Waals surface area contributed by atoms with Crippen molar-refractivity contribution in [3.63, 3.8) is 0 Å². The van der Waals surface area contributed by atoms with Crippen molar-refractivity contribution in [3.05, 3.63) is 49.7 Å². The van der Waals surface area contributed by atoms with Gasteiger partial charge in [0, 0.05) is 25.8 Å². The van der Waals surface area contributed by atoms with Gasteiger partial charge in [-0.1, -0.05) is 51.8 Å². The first-order valence-corrected chi connectivity index (χ1v) is 6.04. The predicted octanol–water partition coefficient (Wildman–Crippen LogP) is 3.61. The molecule has 0 atom stereocenters. The van der Waals surface area contributed by atoms with Gasteiger partial charge in [-0.15, -0.1) is 0 Å². The molecule has 0 rings (SSSR count). The van der Waals surface area contributed by atoms with Crippen molar-refractivity contribution in [3.8, 4) is 0 Å². The standard InChI is InChI=1S/C8H16N2.C5H8.C2H6/c1-5-8(2)10(4)7-6-9-3;1-3-5-4-2;1-2/h5,9H,1-2,6-7H2,3-4H3;3-5H,1H2,2H3;1-2H3/b;5-4-;. The molecule has 0 unspecified atom stereocenters. The average Bonchev–Trinajstić information content (AvgIpc) is 2.39. The Kier molecular flexibility index (Phi) is 25.0. The summed E-state index contributed by atoms with van der Waals surface area (Å²) < 4.78 is 0. The number of allylic oxidation sites excluding steroid dienone is 4. The van der Waals surface area contributed by atoms with E-state index < -0.39 is 0 Å². The van der Waals surface area contributed by atoms with Gasteiger partial charge < -0.3 is 10.2 Å². The van der Waals surface area contributed by atoms with Gasteiger partial charge in [0.2, 0.25) is 0 Å². The highest BCUT2D eigenvalue weighted by molar-refractivity contribution is 5.08. The Hall–Kier alpha value is -1.28. The fraction of sp³-hybridized carbons (Fsp3) is 0.467. The Morgan fingerprint density at radius 1 is 1.29 bits per heavy atom. The first-order valence-electron chi connectivity index (χ1n) is 6.04. The van der Waals surface area contributed by atoms with Gasteiger partial charge >= 0.3 is 0 Å². The number of rotatable bonds is 6. The molecule has 0 aromatic rings. The molecule has 0 spiro atoms. The summed E-state index contributed by atoms with van der Waals surface area (Å²) in [5.74, 6) is 0. The van der Waals surface area contributed by atoms with Gasteiger partial charge in [0.15, 0.2) is 0 Å². The van der Waals surface area contributed by atoms with Crippen LogP contribution < -0.4 is 5.32 Å².